The number of carbonyl (C=O) groups excluding carboxylic acids is 1. The number of fused-ring (bicyclic) bond motifs is 7. The normalized spacial score (nSPS) is 52.6. The molecule has 2 aliphatic heterocycles. The first kappa shape index (κ1) is 43.5. The number of aliphatic carboxylic acids is 3. The average Bonchev–Trinajstić information content (AvgIpc) is 3.13. The molecule has 6 fully saturated rings. The number of allylic oxidation sites excluding steroid dienone is 2. The van der Waals surface area contributed by atoms with Crippen LogP contribution in [-0.4, -0.2) is 132 Å². The van der Waals surface area contributed by atoms with E-state index in [1.165, 1.54) is 0 Å². The maximum Gasteiger partial charge on any atom is 0.335 e. The monoisotopic (exact) mass is 822 g/mol. The van der Waals surface area contributed by atoms with Gasteiger partial charge in [-0.05, 0) is 110 Å². The Balaban J connectivity index is 1.17. The summed E-state index contributed by atoms with van der Waals surface area (Å²) in [7, 11) is 0. The number of carbonyl (C=O) groups is 4. The second-order valence-corrected chi connectivity index (χ2v) is 20.6. The molecule has 19 atom stereocenters. The predicted octanol–water partition coefficient (Wildman–Crippen LogP) is 2.25. The second-order valence-electron chi connectivity index (χ2n) is 20.6. The molecule has 0 aromatic rings. The molecule has 16 nitrogen and oxygen atoms in total. The maximum atomic E-state index is 14.8. The van der Waals surface area contributed by atoms with E-state index in [0.29, 0.717) is 25.7 Å². The van der Waals surface area contributed by atoms with E-state index < -0.39 is 107 Å². The summed E-state index contributed by atoms with van der Waals surface area (Å²) < 4.78 is 23.4. The number of aliphatic hydroxyl groups excluding tert-OH is 5. The molecule has 2 saturated heterocycles. The molecule has 0 spiro atoms. The molecule has 2 heterocycles. The van der Waals surface area contributed by atoms with Gasteiger partial charge < -0.3 is 59.8 Å². The molecule has 58 heavy (non-hydrogen) atoms. The van der Waals surface area contributed by atoms with Crippen molar-refractivity contribution in [2.45, 2.75) is 174 Å². The largest absolute Gasteiger partial charge is 0.481 e. The number of hydrogen-bond donors (Lipinski definition) is 8. The molecular weight excluding hydrogens is 760 g/mol. The first-order valence-corrected chi connectivity index (χ1v) is 20.7. The summed E-state index contributed by atoms with van der Waals surface area (Å²) in [4.78, 5) is 51.3. The van der Waals surface area contributed by atoms with Crippen LogP contribution in [0.1, 0.15) is 106 Å². The van der Waals surface area contributed by atoms with Crippen molar-refractivity contribution in [3.63, 3.8) is 0 Å². The van der Waals surface area contributed by atoms with Crippen LogP contribution in [0.3, 0.4) is 0 Å². The lowest BCUT2D eigenvalue weighted by molar-refractivity contribution is -0.371. The summed E-state index contributed by atoms with van der Waals surface area (Å²) in [5.74, 6) is -4.47. The summed E-state index contributed by atoms with van der Waals surface area (Å²) in [5, 5.41) is 83.0. The minimum Gasteiger partial charge on any atom is -0.481 e. The number of hydrogen-bond acceptors (Lipinski definition) is 13. The lowest BCUT2D eigenvalue weighted by Gasteiger charge is -2.70. The van der Waals surface area contributed by atoms with E-state index in [-0.39, 0.29) is 34.4 Å². The zero-order valence-corrected chi connectivity index (χ0v) is 34.4. The third-order valence-corrected chi connectivity index (χ3v) is 17.2. The van der Waals surface area contributed by atoms with Gasteiger partial charge in [0.15, 0.2) is 30.6 Å². The van der Waals surface area contributed by atoms with E-state index in [1.54, 1.807) is 0 Å². The summed E-state index contributed by atoms with van der Waals surface area (Å²) in [5.41, 5.74) is -1.81. The molecule has 0 aromatic carbocycles. The molecule has 0 radical (unpaired) electrons. The number of carboxylic acid groups (broad SMARTS) is 3. The quantitative estimate of drug-likeness (QED) is 0.171. The summed E-state index contributed by atoms with van der Waals surface area (Å²) in [6, 6.07) is 0. The minimum atomic E-state index is -2.05. The Hall–Kier alpha value is -2.54. The van der Waals surface area contributed by atoms with Crippen molar-refractivity contribution in [2.24, 2.45) is 50.2 Å². The Morgan fingerprint density at radius 1 is 0.690 bits per heavy atom. The first-order valence-electron chi connectivity index (χ1n) is 20.7. The third-order valence-electron chi connectivity index (χ3n) is 17.2. The van der Waals surface area contributed by atoms with Crippen molar-refractivity contribution in [3.8, 4) is 0 Å². The Labute approximate surface area is 337 Å². The predicted molar refractivity (Wildman–Crippen MR) is 199 cm³/mol. The molecule has 7 aliphatic rings. The molecule has 4 saturated carbocycles. The summed E-state index contributed by atoms with van der Waals surface area (Å²) >= 11 is 0. The highest BCUT2D eigenvalue weighted by atomic mass is 16.8. The molecule has 0 aromatic heterocycles. The zero-order valence-electron chi connectivity index (χ0n) is 34.4. The van der Waals surface area contributed by atoms with Crippen molar-refractivity contribution < 1.29 is 79.0 Å². The molecule has 326 valence electrons. The van der Waals surface area contributed by atoms with E-state index in [9.17, 15) is 60.0 Å². The number of aliphatic hydroxyl groups is 5. The molecule has 8 N–H and O–H groups in total. The molecule has 7 rings (SSSR count). The molecule has 0 amide bonds. The van der Waals surface area contributed by atoms with Crippen LogP contribution in [0, 0.1) is 50.2 Å². The smallest absolute Gasteiger partial charge is 0.335 e. The topological polar surface area (TPSA) is 267 Å². The van der Waals surface area contributed by atoms with Crippen LogP contribution < -0.4 is 0 Å². The van der Waals surface area contributed by atoms with Crippen molar-refractivity contribution >= 4 is 23.7 Å². The minimum absolute atomic E-state index is 0.0217. The molecule has 16 heteroatoms. The van der Waals surface area contributed by atoms with Gasteiger partial charge in [-0.1, -0.05) is 47.1 Å². The molecule has 5 aliphatic carbocycles. The fraction of sp³-hybridized carbons (Fsp3) is 0.857. The first-order chi connectivity index (χ1) is 26.8. The van der Waals surface area contributed by atoms with Gasteiger partial charge in [0.05, 0.1) is 11.5 Å². The number of carboxylic acids is 3. The molecule has 0 unspecified atom stereocenters. The third kappa shape index (κ3) is 6.25. The highest BCUT2D eigenvalue weighted by Crippen LogP contribution is 2.75. The van der Waals surface area contributed by atoms with Crippen molar-refractivity contribution in [1.82, 2.24) is 0 Å². The Morgan fingerprint density at radius 2 is 1.28 bits per heavy atom. The second kappa shape index (κ2) is 14.3. The van der Waals surface area contributed by atoms with Crippen LogP contribution in [0.25, 0.3) is 0 Å². The fourth-order valence-electron chi connectivity index (χ4n) is 13.4. The fourth-order valence-corrected chi connectivity index (χ4v) is 13.4. The van der Waals surface area contributed by atoms with E-state index >= 15 is 0 Å². The van der Waals surface area contributed by atoms with Gasteiger partial charge in [-0.2, -0.15) is 0 Å². The molecular formula is C42H62O16. The van der Waals surface area contributed by atoms with Gasteiger partial charge >= 0.3 is 17.9 Å². The summed E-state index contributed by atoms with van der Waals surface area (Å²) in [6.07, 6.45) is -12.2. The molecule has 0 bridgehead atoms. The van der Waals surface area contributed by atoms with Crippen LogP contribution in [0.5, 0.6) is 0 Å². The highest BCUT2D eigenvalue weighted by Gasteiger charge is 2.71. The van der Waals surface area contributed by atoms with Crippen LogP contribution in [-0.2, 0) is 38.1 Å². The van der Waals surface area contributed by atoms with Crippen LogP contribution in [0.2, 0.25) is 0 Å². The van der Waals surface area contributed by atoms with Crippen molar-refractivity contribution in [2.75, 3.05) is 0 Å². The van der Waals surface area contributed by atoms with Gasteiger partial charge in [0.1, 0.15) is 36.6 Å². The van der Waals surface area contributed by atoms with Gasteiger partial charge in [0.2, 0.25) is 0 Å². The van der Waals surface area contributed by atoms with E-state index in [4.69, 9.17) is 18.9 Å². The van der Waals surface area contributed by atoms with Crippen LogP contribution in [0.4, 0.5) is 0 Å². The lowest BCUT2D eigenvalue weighted by Crippen LogP contribution is -2.68. The van der Waals surface area contributed by atoms with Gasteiger partial charge in [-0.15, -0.1) is 0 Å². The zero-order chi connectivity index (χ0) is 42.9. The van der Waals surface area contributed by atoms with Gasteiger partial charge in [-0.25, -0.2) is 9.59 Å². The van der Waals surface area contributed by atoms with Crippen molar-refractivity contribution in [3.05, 3.63) is 11.6 Å². The van der Waals surface area contributed by atoms with Gasteiger partial charge in [-0.3, -0.25) is 9.59 Å². The number of rotatable bonds is 7. The number of ether oxygens (including phenoxy) is 4. The van der Waals surface area contributed by atoms with Crippen LogP contribution in [0.15, 0.2) is 11.6 Å². The Bertz CT molecular complexity index is 1730. The van der Waals surface area contributed by atoms with E-state index in [0.717, 1.165) is 37.7 Å². The van der Waals surface area contributed by atoms with Gasteiger partial charge in [0.25, 0.3) is 0 Å². The lowest BCUT2D eigenvalue weighted by atomic mass is 9.33. The number of ketones is 1. The average molecular weight is 823 g/mol. The highest BCUT2D eigenvalue weighted by molar-refractivity contribution is 5.95. The van der Waals surface area contributed by atoms with Crippen LogP contribution >= 0.6 is 0 Å². The summed E-state index contributed by atoms with van der Waals surface area (Å²) in [6.45, 7) is 14.8. The Morgan fingerprint density at radius 3 is 1.88 bits per heavy atom. The Kier molecular flexibility index (Phi) is 10.7. The SMILES string of the molecule is CC1(C)[C@@H](O[C@@H]2O[C@H](C(=O)O)[C@@H](O)[C@H](O)[C@H]2O[C@@H]2O[C@H](C(=O)O)[C@@H](O)[C@H](O)[C@H]2O)CC[C@]2(C)[C@H]3C(=O)C=C4[C@H]5C[C@@](C)(C(=O)O)CC[C@]5(C)CC[C@@]4(C)[C@]3(C)CC[C@@H]12. The van der Waals surface area contributed by atoms with Crippen molar-refractivity contribution in [1.29, 1.82) is 0 Å². The van der Waals surface area contributed by atoms with E-state index in [1.807, 2.05) is 26.8 Å². The standard InChI is InChI=1S/C42H62O16/c1-37(2)21-8-11-42(7)31(20(43)16-18-19-17-39(4,36(53)54)13-12-38(19,3)14-15-41(18,42)6)40(21,5)10-9-22(37)55-35-30(26(47)25(46)29(57-35)33(51)52)58-34-27(48)23(44)24(45)28(56-34)32(49)50/h16,19,21-31,34-35,44-48H,8-15,17H2,1-7H3,(H,49,50)(H,51,52)(H,53,54)/t19-,21+,22+,23+,24+,25+,26+,27-,28+,29+,30-,31-,34+,35-,38-,39+,40+,41-,42-/m1/s1. The van der Waals surface area contributed by atoms with E-state index in [2.05, 4.69) is 27.7 Å². The van der Waals surface area contributed by atoms with Gasteiger partial charge in [0, 0.05) is 5.92 Å². The maximum absolute atomic E-state index is 14.8.